The van der Waals surface area contributed by atoms with Gasteiger partial charge < -0.3 is 9.84 Å². The van der Waals surface area contributed by atoms with Crippen LogP contribution in [0.25, 0.3) is 0 Å². The number of hydrogen-bond acceptors (Lipinski definition) is 2. The second kappa shape index (κ2) is 3.27. The van der Waals surface area contributed by atoms with Crippen molar-refractivity contribution < 1.29 is 9.84 Å². The van der Waals surface area contributed by atoms with Crippen molar-refractivity contribution in [2.24, 2.45) is 17.3 Å². The first-order valence-electron chi connectivity index (χ1n) is 7.21. The SMILES string of the molecule is CC(C)[C@H]1CC[C@]2(C)C[C@H](O)[C@]3(C)CC[C@]12O3. The predicted octanol–water partition coefficient (Wildman–Crippen LogP) is 3.13. The fourth-order valence-corrected chi connectivity index (χ4v) is 5.03. The maximum atomic E-state index is 10.4. The van der Waals surface area contributed by atoms with E-state index in [4.69, 9.17) is 4.74 Å². The molecule has 0 radical (unpaired) electrons. The number of aliphatic hydroxyl groups excluding tert-OH is 1. The first-order chi connectivity index (χ1) is 7.83. The lowest BCUT2D eigenvalue weighted by atomic mass is 9.66. The van der Waals surface area contributed by atoms with E-state index in [2.05, 4.69) is 27.7 Å². The summed E-state index contributed by atoms with van der Waals surface area (Å²) in [5.41, 5.74) is 0.00347. The van der Waals surface area contributed by atoms with Crippen molar-refractivity contribution in [3.8, 4) is 0 Å². The molecule has 5 atom stereocenters. The maximum absolute atomic E-state index is 10.4. The van der Waals surface area contributed by atoms with E-state index in [-0.39, 0.29) is 22.7 Å². The van der Waals surface area contributed by atoms with Crippen LogP contribution < -0.4 is 0 Å². The van der Waals surface area contributed by atoms with Gasteiger partial charge in [0.1, 0.15) is 0 Å². The molecular weight excluding hydrogens is 212 g/mol. The van der Waals surface area contributed by atoms with Crippen molar-refractivity contribution in [3.05, 3.63) is 0 Å². The third-order valence-electron chi connectivity index (χ3n) is 6.19. The Kier molecular flexibility index (Phi) is 2.30. The van der Waals surface area contributed by atoms with Gasteiger partial charge in [0.2, 0.25) is 0 Å². The molecule has 2 bridgehead atoms. The molecule has 0 aromatic carbocycles. The average molecular weight is 238 g/mol. The molecule has 3 rings (SSSR count). The number of aliphatic hydroxyl groups is 1. The number of ether oxygens (including phenoxy) is 1. The van der Waals surface area contributed by atoms with Crippen LogP contribution in [0.5, 0.6) is 0 Å². The van der Waals surface area contributed by atoms with Gasteiger partial charge in [-0.05, 0) is 56.3 Å². The molecule has 0 amide bonds. The van der Waals surface area contributed by atoms with Gasteiger partial charge in [0, 0.05) is 0 Å². The van der Waals surface area contributed by atoms with Crippen molar-refractivity contribution in [3.63, 3.8) is 0 Å². The normalized spacial score (nSPS) is 57.5. The van der Waals surface area contributed by atoms with Gasteiger partial charge in [-0.15, -0.1) is 0 Å². The molecule has 0 aromatic rings. The lowest BCUT2D eigenvalue weighted by Gasteiger charge is -2.52. The fraction of sp³-hybridized carbons (Fsp3) is 1.00. The summed E-state index contributed by atoms with van der Waals surface area (Å²) < 4.78 is 6.54. The molecule has 2 aliphatic heterocycles. The average Bonchev–Trinajstić information content (AvgIpc) is 2.68. The Morgan fingerprint density at radius 3 is 2.53 bits per heavy atom. The van der Waals surface area contributed by atoms with Crippen LogP contribution in [0.2, 0.25) is 0 Å². The van der Waals surface area contributed by atoms with Crippen LogP contribution in [0, 0.1) is 17.3 Å². The molecule has 2 saturated heterocycles. The summed E-state index contributed by atoms with van der Waals surface area (Å²) in [5.74, 6) is 1.37. The van der Waals surface area contributed by atoms with Crippen molar-refractivity contribution in [2.75, 3.05) is 0 Å². The Morgan fingerprint density at radius 1 is 1.18 bits per heavy atom. The first kappa shape index (κ1) is 12.0. The fourth-order valence-electron chi connectivity index (χ4n) is 5.03. The van der Waals surface area contributed by atoms with Gasteiger partial charge in [-0.1, -0.05) is 20.8 Å². The van der Waals surface area contributed by atoms with Crippen molar-refractivity contribution in [1.29, 1.82) is 0 Å². The van der Waals surface area contributed by atoms with Gasteiger partial charge in [0.25, 0.3) is 0 Å². The highest BCUT2D eigenvalue weighted by atomic mass is 16.5. The van der Waals surface area contributed by atoms with E-state index >= 15 is 0 Å². The minimum atomic E-state index is -0.269. The maximum Gasteiger partial charge on any atom is 0.0921 e. The molecule has 2 heterocycles. The zero-order chi connectivity index (χ0) is 12.5. The van der Waals surface area contributed by atoms with Gasteiger partial charge in [-0.2, -0.15) is 0 Å². The third kappa shape index (κ3) is 1.29. The summed E-state index contributed by atoms with van der Waals surface area (Å²) in [6.07, 6.45) is 5.36. The first-order valence-corrected chi connectivity index (χ1v) is 7.21. The van der Waals surface area contributed by atoms with Crippen LogP contribution in [0.4, 0.5) is 0 Å². The van der Waals surface area contributed by atoms with Crippen LogP contribution in [0.15, 0.2) is 0 Å². The highest BCUT2D eigenvalue weighted by Crippen LogP contribution is 2.67. The van der Waals surface area contributed by atoms with E-state index in [9.17, 15) is 5.11 Å². The quantitative estimate of drug-likeness (QED) is 0.760. The van der Waals surface area contributed by atoms with Gasteiger partial charge in [0.15, 0.2) is 0 Å². The summed E-state index contributed by atoms with van der Waals surface area (Å²) >= 11 is 0. The van der Waals surface area contributed by atoms with Crippen molar-refractivity contribution in [1.82, 2.24) is 0 Å². The summed E-state index contributed by atoms with van der Waals surface area (Å²) in [6, 6.07) is 0. The van der Waals surface area contributed by atoms with Crippen molar-refractivity contribution >= 4 is 0 Å². The largest absolute Gasteiger partial charge is 0.390 e. The smallest absolute Gasteiger partial charge is 0.0921 e. The number of fused-ring (bicyclic) bond motifs is 1. The van der Waals surface area contributed by atoms with E-state index in [1.54, 1.807) is 0 Å². The van der Waals surface area contributed by atoms with Gasteiger partial charge >= 0.3 is 0 Å². The molecule has 1 N–H and O–H groups in total. The second-order valence-electron chi connectivity index (χ2n) is 7.47. The lowest BCUT2D eigenvalue weighted by molar-refractivity contribution is -0.246. The second-order valence-corrected chi connectivity index (χ2v) is 7.47. The van der Waals surface area contributed by atoms with Gasteiger partial charge in [-0.3, -0.25) is 0 Å². The highest BCUT2D eigenvalue weighted by molar-refractivity contribution is 5.18. The van der Waals surface area contributed by atoms with E-state index in [1.807, 2.05) is 0 Å². The molecule has 2 heteroatoms. The van der Waals surface area contributed by atoms with E-state index in [0.29, 0.717) is 11.8 Å². The highest BCUT2D eigenvalue weighted by Gasteiger charge is 2.69. The summed E-state index contributed by atoms with van der Waals surface area (Å²) in [6.45, 7) is 9.12. The number of rotatable bonds is 1. The topological polar surface area (TPSA) is 29.5 Å². The molecule has 2 nitrogen and oxygen atoms in total. The molecule has 0 aromatic heterocycles. The van der Waals surface area contributed by atoms with E-state index in [0.717, 1.165) is 19.3 Å². The Balaban J connectivity index is 2.03. The molecule has 3 aliphatic rings. The summed E-state index contributed by atoms with van der Waals surface area (Å²) in [7, 11) is 0. The monoisotopic (exact) mass is 238 g/mol. The van der Waals surface area contributed by atoms with Crippen LogP contribution in [-0.2, 0) is 4.74 Å². The van der Waals surface area contributed by atoms with Crippen LogP contribution >= 0.6 is 0 Å². The zero-order valence-electron chi connectivity index (χ0n) is 11.6. The third-order valence-corrected chi connectivity index (χ3v) is 6.19. The van der Waals surface area contributed by atoms with Gasteiger partial charge in [0.05, 0.1) is 17.3 Å². The molecule has 17 heavy (non-hydrogen) atoms. The van der Waals surface area contributed by atoms with Crippen LogP contribution in [-0.4, -0.2) is 22.4 Å². The molecule has 1 spiro atoms. The predicted molar refractivity (Wildman–Crippen MR) is 67.7 cm³/mol. The molecule has 0 unspecified atom stereocenters. The lowest BCUT2D eigenvalue weighted by Crippen LogP contribution is -2.58. The molecule has 98 valence electrons. The molecule has 3 fully saturated rings. The van der Waals surface area contributed by atoms with Crippen molar-refractivity contribution in [2.45, 2.75) is 77.1 Å². The minimum Gasteiger partial charge on any atom is -0.390 e. The number of hydrogen-bond donors (Lipinski definition) is 1. The Morgan fingerprint density at radius 2 is 1.88 bits per heavy atom. The van der Waals surface area contributed by atoms with E-state index in [1.165, 1.54) is 12.8 Å². The molecule has 1 saturated carbocycles. The molecular formula is C15H26O2. The Hall–Kier alpha value is -0.0800. The molecule has 1 aliphatic carbocycles. The summed E-state index contributed by atoms with van der Waals surface area (Å²) in [4.78, 5) is 0. The standard InChI is InChI=1S/C15H26O2/c1-10(2)11-5-6-13(3)9-12(16)14(4)7-8-15(11,13)17-14/h10-12,16H,5-9H2,1-4H3/t11-,12+,13-,14+,15+/m1/s1. The Bertz CT molecular complexity index is 340. The minimum absolute atomic E-state index is 0.0646. The van der Waals surface area contributed by atoms with Crippen LogP contribution in [0.1, 0.15) is 59.8 Å². The van der Waals surface area contributed by atoms with E-state index < -0.39 is 0 Å². The zero-order valence-corrected chi connectivity index (χ0v) is 11.6. The summed E-state index contributed by atoms with van der Waals surface area (Å²) in [5, 5.41) is 10.4. The van der Waals surface area contributed by atoms with Gasteiger partial charge in [-0.25, -0.2) is 0 Å². The Labute approximate surface area is 105 Å². The van der Waals surface area contributed by atoms with Crippen LogP contribution in [0.3, 0.4) is 0 Å².